The average molecular weight is 330 g/mol. The molecule has 2 heterocycles. The minimum absolute atomic E-state index is 0.125. The minimum atomic E-state index is -0.125. The van der Waals surface area contributed by atoms with E-state index >= 15 is 0 Å². The molecule has 0 unspecified atom stereocenters. The van der Waals surface area contributed by atoms with Crippen molar-refractivity contribution in [1.29, 1.82) is 0 Å². The molecule has 2 aliphatic rings. The Labute approximate surface area is 141 Å². The summed E-state index contributed by atoms with van der Waals surface area (Å²) in [5.74, 6) is 0.750. The predicted octanol–water partition coefficient (Wildman–Crippen LogP) is 3.93. The molecule has 0 aliphatic carbocycles. The Kier molecular flexibility index (Phi) is 5.39. The first kappa shape index (κ1) is 16.1. The molecule has 1 aromatic rings. The number of ether oxygens (including phenoxy) is 1. The van der Waals surface area contributed by atoms with E-state index in [0.717, 1.165) is 49.0 Å². The van der Waals surface area contributed by atoms with Crippen LogP contribution < -0.4 is 4.74 Å². The van der Waals surface area contributed by atoms with Gasteiger partial charge in [0.2, 0.25) is 0 Å². The maximum absolute atomic E-state index is 12.1. The van der Waals surface area contributed by atoms with Gasteiger partial charge in [-0.05, 0) is 54.8 Å². The minimum Gasteiger partial charge on any atom is -0.494 e. The molecule has 5 heteroatoms. The monoisotopic (exact) mass is 330 g/mol. The van der Waals surface area contributed by atoms with E-state index in [2.05, 4.69) is 16.8 Å². The van der Waals surface area contributed by atoms with Crippen LogP contribution >= 0.6 is 11.8 Å². The van der Waals surface area contributed by atoms with Crippen molar-refractivity contribution in [3.05, 3.63) is 34.7 Å². The number of rotatable bonds is 5. The molecule has 122 valence electrons. The van der Waals surface area contributed by atoms with Gasteiger partial charge in [-0.3, -0.25) is 4.79 Å². The molecule has 0 bridgehead atoms. The van der Waals surface area contributed by atoms with Gasteiger partial charge in [-0.1, -0.05) is 25.5 Å². The first-order valence-electron chi connectivity index (χ1n) is 8.26. The molecule has 0 saturated carbocycles. The number of benzene rings is 1. The van der Waals surface area contributed by atoms with Crippen molar-refractivity contribution in [2.45, 2.75) is 32.6 Å². The van der Waals surface area contributed by atoms with Crippen LogP contribution in [-0.4, -0.2) is 35.7 Å². The van der Waals surface area contributed by atoms with E-state index < -0.39 is 0 Å². The number of carbonyl (C=O) groups excluding carboxylic acids is 1. The van der Waals surface area contributed by atoms with Crippen LogP contribution in [-0.2, 0) is 4.79 Å². The number of amides is 1. The van der Waals surface area contributed by atoms with Crippen molar-refractivity contribution in [2.75, 3.05) is 19.7 Å². The van der Waals surface area contributed by atoms with Gasteiger partial charge in [0.15, 0.2) is 5.17 Å². The highest BCUT2D eigenvalue weighted by Crippen LogP contribution is 2.31. The number of carbonyl (C=O) groups is 1. The third-order valence-corrected chi connectivity index (χ3v) is 4.97. The summed E-state index contributed by atoms with van der Waals surface area (Å²) in [6.07, 6.45) is 6.48. The van der Waals surface area contributed by atoms with E-state index in [-0.39, 0.29) is 5.91 Å². The molecular weight excluding hydrogens is 308 g/mol. The number of hydrogen-bond donors (Lipinski definition) is 0. The normalized spacial score (nSPS) is 19.5. The van der Waals surface area contributed by atoms with Crippen molar-refractivity contribution in [3.63, 3.8) is 0 Å². The van der Waals surface area contributed by atoms with Crippen LogP contribution in [0.2, 0.25) is 0 Å². The fraction of sp³-hybridized carbons (Fsp3) is 0.444. The first-order chi connectivity index (χ1) is 11.3. The third kappa shape index (κ3) is 4.16. The summed E-state index contributed by atoms with van der Waals surface area (Å²) in [5.41, 5.74) is 1.00. The van der Waals surface area contributed by atoms with E-state index in [9.17, 15) is 4.79 Å². The standard InChI is InChI=1S/C18H22N2O2S/c1-2-3-12-22-15-8-6-14(7-9-15)13-16-17(21)19-18(23-16)20-10-4-5-11-20/h6-9,13H,2-5,10-12H2,1H3/b16-13+. The second kappa shape index (κ2) is 7.68. The van der Waals surface area contributed by atoms with Crippen LogP contribution in [0.15, 0.2) is 34.2 Å². The molecule has 1 amide bonds. The fourth-order valence-corrected chi connectivity index (χ4v) is 3.55. The Morgan fingerprint density at radius 3 is 2.70 bits per heavy atom. The summed E-state index contributed by atoms with van der Waals surface area (Å²) in [6, 6.07) is 7.87. The zero-order chi connectivity index (χ0) is 16.1. The average Bonchev–Trinajstić information content (AvgIpc) is 3.20. The molecule has 0 atom stereocenters. The highest BCUT2D eigenvalue weighted by atomic mass is 32.2. The summed E-state index contributed by atoms with van der Waals surface area (Å²) >= 11 is 1.49. The topological polar surface area (TPSA) is 41.9 Å². The summed E-state index contributed by atoms with van der Waals surface area (Å²) in [7, 11) is 0. The lowest BCUT2D eigenvalue weighted by Crippen LogP contribution is -2.23. The van der Waals surface area contributed by atoms with Crippen molar-refractivity contribution in [1.82, 2.24) is 4.90 Å². The molecule has 2 aliphatic heterocycles. The van der Waals surface area contributed by atoms with Gasteiger partial charge in [-0.15, -0.1) is 0 Å². The van der Waals surface area contributed by atoms with Crippen LogP contribution in [0.3, 0.4) is 0 Å². The third-order valence-electron chi connectivity index (χ3n) is 3.93. The van der Waals surface area contributed by atoms with Crippen LogP contribution in [0.4, 0.5) is 0 Å². The maximum Gasteiger partial charge on any atom is 0.286 e. The van der Waals surface area contributed by atoms with Gasteiger partial charge < -0.3 is 9.64 Å². The van der Waals surface area contributed by atoms with Gasteiger partial charge in [0, 0.05) is 13.1 Å². The number of amidine groups is 1. The lowest BCUT2D eigenvalue weighted by Gasteiger charge is -2.14. The summed E-state index contributed by atoms with van der Waals surface area (Å²) in [4.78, 5) is 19.2. The van der Waals surface area contributed by atoms with E-state index in [4.69, 9.17) is 4.74 Å². The lowest BCUT2D eigenvalue weighted by molar-refractivity contribution is -0.113. The summed E-state index contributed by atoms with van der Waals surface area (Å²) < 4.78 is 5.65. The molecule has 4 nitrogen and oxygen atoms in total. The highest BCUT2D eigenvalue weighted by Gasteiger charge is 2.27. The molecule has 1 aromatic carbocycles. The fourth-order valence-electron chi connectivity index (χ4n) is 2.59. The number of likely N-dealkylation sites (tertiary alicyclic amines) is 1. The molecule has 3 rings (SSSR count). The second-order valence-electron chi connectivity index (χ2n) is 5.78. The van der Waals surface area contributed by atoms with Gasteiger partial charge in [0.1, 0.15) is 5.75 Å². The summed E-state index contributed by atoms with van der Waals surface area (Å²) in [5, 5.41) is 0.860. The number of thioether (sulfide) groups is 1. The van der Waals surface area contributed by atoms with Crippen LogP contribution in [0.25, 0.3) is 6.08 Å². The molecule has 0 spiro atoms. The predicted molar refractivity (Wildman–Crippen MR) is 95.7 cm³/mol. The number of unbranched alkanes of at least 4 members (excludes halogenated alkanes) is 1. The molecule has 0 N–H and O–H groups in total. The van der Waals surface area contributed by atoms with E-state index in [1.54, 1.807) is 0 Å². The Morgan fingerprint density at radius 1 is 1.26 bits per heavy atom. The zero-order valence-corrected chi connectivity index (χ0v) is 14.3. The molecule has 0 aromatic heterocycles. The van der Waals surface area contributed by atoms with Gasteiger partial charge in [0.25, 0.3) is 5.91 Å². The van der Waals surface area contributed by atoms with Gasteiger partial charge in [-0.25, -0.2) is 0 Å². The molecule has 23 heavy (non-hydrogen) atoms. The van der Waals surface area contributed by atoms with Crippen molar-refractivity contribution >= 4 is 28.9 Å². The Balaban J connectivity index is 1.62. The molecular formula is C18H22N2O2S. The van der Waals surface area contributed by atoms with Crippen LogP contribution in [0.1, 0.15) is 38.2 Å². The Morgan fingerprint density at radius 2 is 2.00 bits per heavy atom. The zero-order valence-electron chi connectivity index (χ0n) is 13.5. The Bertz CT molecular complexity index is 616. The Hall–Kier alpha value is -1.75. The quantitative estimate of drug-likeness (QED) is 0.606. The van der Waals surface area contributed by atoms with E-state index in [1.165, 1.54) is 24.6 Å². The molecule has 1 fully saturated rings. The molecule has 0 radical (unpaired) electrons. The van der Waals surface area contributed by atoms with Crippen molar-refractivity contribution in [3.8, 4) is 5.75 Å². The van der Waals surface area contributed by atoms with Gasteiger partial charge in [-0.2, -0.15) is 4.99 Å². The number of hydrogen-bond acceptors (Lipinski definition) is 4. The highest BCUT2D eigenvalue weighted by molar-refractivity contribution is 8.18. The van der Waals surface area contributed by atoms with Crippen molar-refractivity contribution < 1.29 is 9.53 Å². The first-order valence-corrected chi connectivity index (χ1v) is 9.08. The second-order valence-corrected chi connectivity index (χ2v) is 6.78. The molecule has 1 saturated heterocycles. The van der Waals surface area contributed by atoms with Gasteiger partial charge >= 0.3 is 0 Å². The van der Waals surface area contributed by atoms with Crippen molar-refractivity contribution in [2.24, 2.45) is 4.99 Å². The van der Waals surface area contributed by atoms with Crippen LogP contribution in [0.5, 0.6) is 5.75 Å². The maximum atomic E-state index is 12.1. The van der Waals surface area contributed by atoms with Crippen LogP contribution in [0, 0.1) is 0 Å². The largest absolute Gasteiger partial charge is 0.494 e. The van der Waals surface area contributed by atoms with E-state index in [0.29, 0.717) is 4.91 Å². The summed E-state index contributed by atoms with van der Waals surface area (Å²) in [6.45, 7) is 4.91. The smallest absolute Gasteiger partial charge is 0.286 e. The van der Waals surface area contributed by atoms with E-state index in [1.807, 2.05) is 30.3 Å². The van der Waals surface area contributed by atoms with Gasteiger partial charge in [0.05, 0.1) is 11.5 Å². The lowest BCUT2D eigenvalue weighted by atomic mass is 10.2. The SMILES string of the molecule is CCCCOc1ccc(/C=C2/SC(N3CCCC3)=NC2=O)cc1. The number of nitrogens with zero attached hydrogens (tertiary/aromatic N) is 2. The number of aliphatic imine (C=N–C) groups is 1.